The van der Waals surface area contributed by atoms with E-state index in [1.54, 1.807) is 0 Å². The highest BCUT2D eigenvalue weighted by Gasteiger charge is 1.96. The number of aryl methyl sites for hydroxylation is 2. The highest BCUT2D eigenvalue weighted by Crippen LogP contribution is 2.12. The van der Waals surface area contributed by atoms with Gasteiger partial charge in [0.25, 0.3) is 0 Å². The number of benzene rings is 1. The third-order valence-corrected chi connectivity index (χ3v) is 2.73. The summed E-state index contributed by atoms with van der Waals surface area (Å²) in [7, 11) is 0. The number of rotatable bonds is 4. The second kappa shape index (κ2) is 5.86. The number of hydrogen-bond donors (Lipinski definition) is 1. The molecule has 0 amide bonds. The summed E-state index contributed by atoms with van der Waals surface area (Å²) in [6.07, 6.45) is 2.25. The fraction of sp³-hybridized carbons (Fsp3) is 0.467. The van der Waals surface area contributed by atoms with E-state index in [1.165, 1.54) is 22.3 Å². The molecule has 0 saturated heterocycles. The monoisotopic (exact) mass is 217 g/mol. The summed E-state index contributed by atoms with van der Waals surface area (Å²) in [5.41, 5.74) is 5.39. The van der Waals surface area contributed by atoms with Crippen LogP contribution in [0.2, 0.25) is 0 Å². The van der Waals surface area contributed by atoms with Crippen molar-refractivity contribution in [1.29, 1.82) is 0 Å². The van der Waals surface area contributed by atoms with E-state index in [4.69, 9.17) is 0 Å². The van der Waals surface area contributed by atoms with Crippen molar-refractivity contribution in [2.75, 3.05) is 6.54 Å². The molecule has 1 nitrogen and oxygen atoms in total. The van der Waals surface area contributed by atoms with Gasteiger partial charge in [-0.25, -0.2) is 0 Å². The van der Waals surface area contributed by atoms with Crippen molar-refractivity contribution in [2.24, 2.45) is 0 Å². The van der Waals surface area contributed by atoms with E-state index in [2.05, 4.69) is 64.2 Å². The third-order valence-electron chi connectivity index (χ3n) is 2.73. The van der Waals surface area contributed by atoms with Gasteiger partial charge in [0.15, 0.2) is 0 Å². The summed E-state index contributed by atoms with van der Waals surface area (Å²) >= 11 is 0. The summed E-state index contributed by atoms with van der Waals surface area (Å²) in [5, 5.41) is 3.42. The molecule has 0 unspecified atom stereocenters. The van der Waals surface area contributed by atoms with Crippen LogP contribution in [-0.4, -0.2) is 12.6 Å². The van der Waals surface area contributed by atoms with Gasteiger partial charge in [-0.15, -0.1) is 0 Å². The van der Waals surface area contributed by atoms with Gasteiger partial charge >= 0.3 is 0 Å². The van der Waals surface area contributed by atoms with Crippen LogP contribution in [0.25, 0.3) is 6.08 Å². The second-order valence-electron chi connectivity index (χ2n) is 4.87. The quantitative estimate of drug-likeness (QED) is 0.810. The van der Waals surface area contributed by atoms with Crippen molar-refractivity contribution in [1.82, 2.24) is 5.32 Å². The molecule has 0 fully saturated rings. The predicted molar refractivity (Wildman–Crippen MR) is 72.7 cm³/mol. The van der Waals surface area contributed by atoms with Crippen molar-refractivity contribution in [3.8, 4) is 0 Å². The molecule has 0 aliphatic carbocycles. The smallest absolute Gasteiger partial charge is 0.0167 e. The number of nitrogens with one attached hydrogen (secondary N) is 1. The van der Waals surface area contributed by atoms with Gasteiger partial charge in [-0.2, -0.15) is 0 Å². The molecule has 0 heterocycles. The SMILES string of the molecule is CC(=Cc1ccc(C)c(C)c1)CNC(C)C. The van der Waals surface area contributed by atoms with Gasteiger partial charge in [0.1, 0.15) is 0 Å². The van der Waals surface area contributed by atoms with Gasteiger partial charge in [0.2, 0.25) is 0 Å². The van der Waals surface area contributed by atoms with E-state index in [9.17, 15) is 0 Å². The fourth-order valence-electron chi connectivity index (χ4n) is 1.56. The standard InChI is InChI=1S/C15H23N/c1-11(2)16-10-12(3)8-15-7-6-13(4)14(5)9-15/h6-9,11,16H,10H2,1-5H3. The maximum atomic E-state index is 3.42. The lowest BCUT2D eigenvalue weighted by Crippen LogP contribution is -2.24. The van der Waals surface area contributed by atoms with Crippen LogP contribution < -0.4 is 5.32 Å². The summed E-state index contributed by atoms with van der Waals surface area (Å²) in [5.74, 6) is 0. The molecule has 0 saturated carbocycles. The van der Waals surface area contributed by atoms with Gasteiger partial charge in [0.05, 0.1) is 0 Å². The van der Waals surface area contributed by atoms with Crippen molar-refractivity contribution in [3.63, 3.8) is 0 Å². The lowest BCUT2D eigenvalue weighted by molar-refractivity contribution is 0.623. The first kappa shape index (κ1) is 13.0. The molecule has 0 spiro atoms. The normalized spacial score (nSPS) is 12.2. The number of hydrogen-bond acceptors (Lipinski definition) is 1. The summed E-state index contributed by atoms with van der Waals surface area (Å²) in [6.45, 7) is 11.8. The summed E-state index contributed by atoms with van der Waals surface area (Å²) < 4.78 is 0. The average molecular weight is 217 g/mol. The van der Waals surface area contributed by atoms with Crippen LogP contribution in [0.1, 0.15) is 37.5 Å². The van der Waals surface area contributed by atoms with Crippen LogP contribution in [0, 0.1) is 13.8 Å². The molecule has 16 heavy (non-hydrogen) atoms. The Bertz CT molecular complexity index is 375. The molecule has 1 rings (SSSR count). The Morgan fingerprint density at radius 1 is 1.25 bits per heavy atom. The van der Waals surface area contributed by atoms with Gasteiger partial charge in [-0.3, -0.25) is 0 Å². The van der Waals surface area contributed by atoms with Crippen LogP contribution in [0.15, 0.2) is 23.8 Å². The molecular weight excluding hydrogens is 194 g/mol. The molecule has 0 aliphatic heterocycles. The van der Waals surface area contributed by atoms with E-state index in [1.807, 2.05) is 0 Å². The van der Waals surface area contributed by atoms with Crippen molar-refractivity contribution in [2.45, 2.75) is 40.7 Å². The Morgan fingerprint density at radius 2 is 1.94 bits per heavy atom. The van der Waals surface area contributed by atoms with E-state index in [0.29, 0.717) is 6.04 Å². The van der Waals surface area contributed by atoms with Gasteiger partial charge < -0.3 is 5.32 Å². The fourth-order valence-corrected chi connectivity index (χ4v) is 1.56. The zero-order valence-electron chi connectivity index (χ0n) is 11.1. The van der Waals surface area contributed by atoms with Gasteiger partial charge in [0, 0.05) is 12.6 Å². The maximum Gasteiger partial charge on any atom is 0.0167 e. The van der Waals surface area contributed by atoms with Crippen molar-refractivity contribution < 1.29 is 0 Å². The molecule has 0 aliphatic rings. The largest absolute Gasteiger partial charge is 0.311 e. The van der Waals surface area contributed by atoms with Gasteiger partial charge in [-0.1, -0.05) is 43.7 Å². The minimum absolute atomic E-state index is 0.545. The van der Waals surface area contributed by atoms with Crippen LogP contribution >= 0.6 is 0 Å². The molecule has 1 N–H and O–H groups in total. The van der Waals surface area contributed by atoms with Crippen LogP contribution in [-0.2, 0) is 0 Å². The molecule has 1 aromatic carbocycles. The van der Waals surface area contributed by atoms with Crippen LogP contribution in [0.5, 0.6) is 0 Å². The molecule has 1 aromatic rings. The highest BCUT2D eigenvalue weighted by molar-refractivity contribution is 5.54. The Labute approximate surface area is 99.6 Å². The van der Waals surface area contributed by atoms with Crippen LogP contribution in [0.4, 0.5) is 0 Å². The molecule has 1 heteroatoms. The zero-order chi connectivity index (χ0) is 12.1. The maximum absolute atomic E-state index is 3.42. The zero-order valence-corrected chi connectivity index (χ0v) is 11.1. The first-order chi connectivity index (χ1) is 7.49. The summed E-state index contributed by atoms with van der Waals surface area (Å²) in [4.78, 5) is 0. The van der Waals surface area contributed by atoms with Gasteiger partial charge in [-0.05, 0) is 37.5 Å². The average Bonchev–Trinajstić information content (AvgIpc) is 2.21. The van der Waals surface area contributed by atoms with Crippen molar-refractivity contribution >= 4 is 6.08 Å². The lowest BCUT2D eigenvalue weighted by atomic mass is 10.0. The minimum atomic E-state index is 0.545. The molecule has 0 aromatic heterocycles. The molecule has 0 atom stereocenters. The minimum Gasteiger partial charge on any atom is -0.311 e. The Kier molecular flexibility index (Phi) is 4.75. The van der Waals surface area contributed by atoms with Crippen LogP contribution in [0.3, 0.4) is 0 Å². The summed E-state index contributed by atoms with van der Waals surface area (Å²) in [6, 6.07) is 7.16. The van der Waals surface area contributed by atoms with E-state index < -0.39 is 0 Å². The lowest BCUT2D eigenvalue weighted by Gasteiger charge is -2.08. The first-order valence-electron chi connectivity index (χ1n) is 5.97. The Balaban J connectivity index is 2.70. The van der Waals surface area contributed by atoms with E-state index in [-0.39, 0.29) is 0 Å². The highest BCUT2D eigenvalue weighted by atomic mass is 14.9. The third kappa shape index (κ3) is 4.19. The molecule has 88 valence electrons. The van der Waals surface area contributed by atoms with E-state index in [0.717, 1.165) is 6.54 Å². The Morgan fingerprint density at radius 3 is 2.50 bits per heavy atom. The topological polar surface area (TPSA) is 12.0 Å². The first-order valence-corrected chi connectivity index (χ1v) is 5.97. The van der Waals surface area contributed by atoms with Crippen molar-refractivity contribution in [3.05, 3.63) is 40.5 Å². The Hall–Kier alpha value is -1.08. The molecular formula is C15H23N. The molecule has 0 radical (unpaired) electrons. The molecule has 0 bridgehead atoms. The second-order valence-corrected chi connectivity index (χ2v) is 4.87. The van der Waals surface area contributed by atoms with E-state index >= 15 is 0 Å². The predicted octanol–water partition coefficient (Wildman–Crippen LogP) is 3.70.